The highest BCUT2D eigenvalue weighted by Crippen LogP contribution is 2.29. The van der Waals surface area contributed by atoms with Gasteiger partial charge in [0.25, 0.3) is 11.5 Å². The number of anilines is 1. The number of H-pyrrole nitrogens is 2. The predicted molar refractivity (Wildman–Crippen MR) is 195 cm³/mol. The van der Waals surface area contributed by atoms with E-state index >= 15 is 0 Å². The molecular formula is C37H46ClN7O4. The highest BCUT2D eigenvalue weighted by Gasteiger charge is 2.29. The maximum atomic E-state index is 13.7. The number of nitrogens with one attached hydrogen (secondary N) is 6. The summed E-state index contributed by atoms with van der Waals surface area (Å²) in [6.45, 7) is 4.46. The number of rotatable bonds is 10. The van der Waals surface area contributed by atoms with E-state index < -0.39 is 6.04 Å². The molecule has 2 fully saturated rings. The molecule has 0 unspecified atom stereocenters. The lowest BCUT2D eigenvalue weighted by atomic mass is 9.81. The first-order chi connectivity index (χ1) is 23.3. The number of benzene rings is 3. The number of hydrogen-bond donors (Lipinski definition) is 7. The molecule has 260 valence electrons. The lowest BCUT2D eigenvalue weighted by Crippen LogP contribution is -2.48. The number of fused-ring (bicyclic) bond motifs is 1. The van der Waals surface area contributed by atoms with E-state index in [1.165, 1.54) is 0 Å². The van der Waals surface area contributed by atoms with E-state index in [0.29, 0.717) is 41.0 Å². The molecule has 6 rings (SSSR count). The van der Waals surface area contributed by atoms with E-state index in [2.05, 4.69) is 31.5 Å². The van der Waals surface area contributed by atoms with Crippen molar-refractivity contribution in [2.24, 2.45) is 17.6 Å². The standard InChI is InChI=1S/C37H45N7O4.ClH/c1-22-18-27(35(46)40-28-14-16-39-17-15-28)10-12-30(22)25-6-2-23(3-7-25)19-33(42-34(45)26-8-4-24(21-38)5-9-26)37(48)41-29-11-13-31-32(20-29)43-44-36(31)47;/h2-3,6-7,10-13,18,20,24,26,28,33,39H,4-5,8-9,14-17,19,21,38H2,1H3,(H,40,46)(H,41,48)(H,42,45)(H2,43,44,47);1H/t24?,26?,33-;/m0./s1. The van der Waals surface area contributed by atoms with Crippen molar-refractivity contribution in [3.8, 4) is 11.1 Å². The van der Waals surface area contributed by atoms with Gasteiger partial charge in [-0.05, 0) is 124 Å². The van der Waals surface area contributed by atoms with Gasteiger partial charge in [-0.1, -0.05) is 30.3 Å². The average molecular weight is 688 g/mol. The molecule has 2 aliphatic rings. The third-order valence-corrected chi connectivity index (χ3v) is 9.89. The highest BCUT2D eigenvalue weighted by molar-refractivity contribution is 5.99. The van der Waals surface area contributed by atoms with Crippen LogP contribution in [-0.2, 0) is 16.0 Å². The second kappa shape index (κ2) is 16.3. The van der Waals surface area contributed by atoms with Crippen molar-refractivity contribution >= 4 is 46.7 Å². The van der Waals surface area contributed by atoms with Crippen molar-refractivity contribution in [1.82, 2.24) is 26.1 Å². The summed E-state index contributed by atoms with van der Waals surface area (Å²) in [5.41, 5.74) is 11.3. The maximum Gasteiger partial charge on any atom is 0.271 e. The first-order valence-corrected chi connectivity index (χ1v) is 17.0. The number of hydrogen-bond acceptors (Lipinski definition) is 6. The minimum atomic E-state index is -0.809. The molecule has 3 amide bonds. The monoisotopic (exact) mass is 687 g/mol. The van der Waals surface area contributed by atoms with E-state index in [0.717, 1.165) is 73.9 Å². The zero-order valence-corrected chi connectivity index (χ0v) is 28.6. The molecule has 1 aromatic heterocycles. The number of halogens is 1. The van der Waals surface area contributed by atoms with E-state index in [1.807, 2.05) is 49.4 Å². The number of aromatic nitrogens is 2. The Morgan fingerprint density at radius 2 is 1.63 bits per heavy atom. The summed E-state index contributed by atoms with van der Waals surface area (Å²) >= 11 is 0. The van der Waals surface area contributed by atoms with Gasteiger partial charge in [0.2, 0.25) is 11.8 Å². The average Bonchev–Trinajstić information content (AvgIpc) is 3.48. The van der Waals surface area contributed by atoms with Crippen LogP contribution in [0.2, 0.25) is 0 Å². The Bertz CT molecular complexity index is 1820. The normalized spacial score (nSPS) is 18.7. The molecular weight excluding hydrogens is 642 g/mol. The van der Waals surface area contributed by atoms with Gasteiger partial charge < -0.3 is 27.0 Å². The number of piperidine rings is 1. The molecule has 1 saturated heterocycles. The number of amides is 3. The van der Waals surface area contributed by atoms with Crippen molar-refractivity contribution < 1.29 is 14.4 Å². The predicted octanol–water partition coefficient (Wildman–Crippen LogP) is 4.17. The van der Waals surface area contributed by atoms with Gasteiger partial charge in [-0.3, -0.25) is 29.4 Å². The lowest BCUT2D eigenvalue weighted by molar-refractivity contribution is -0.130. The van der Waals surface area contributed by atoms with Crippen molar-refractivity contribution in [3.05, 3.63) is 87.7 Å². The van der Waals surface area contributed by atoms with Gasteiger partial charge in [0.15, 0.2) is 0 Å². The molecule has 12 heteroatoms. The summed E-state index contributed by atoms with van der Waals surface area (Å²) in [6.07, 6.45) is 5.49. The zero-order chi connectivity index (χ0) is 33.6. The van der Waals surface area contributed by atoms with Crippen LogP contribution in [0.3, 0.4) is 0 Å². The first kappa shape index (κ1) is 35.8. The summed E-state index contributed by atoms with van der Waals surface area (Å²) < 4.78 is 0. The van der Waals surface area contributed by atoms with Crippen molar-refractivity contribution in [2.45, 2.75) is 64.0 Å². The summed E-state index contributed by atoms with van der Waals surface area (Å²) in [4.78, 5) is 51.9. The number of aryl methyl sites for hydroxylation is 1. The highest BCUT2D eigenvalue weighted by atomic mass is 35.5. The van der Waals surface area contributed by atoms with Gasteiger partial charge >= 0.3 is 0 Å². The van der Waals surface area contributed by atoms with E-state index in [-0.39, 0.29) is 47.6 Å². The molecule has 3 aromatic carbocycles. The Morgan fingerprint density at radius 1 is 0.898 bits per heavy atom. The summed E-state index contributed by atoms with van der Waals surface area (Å²) in [5.74, 6) is -0.216. The van der Waals surface area contributed by atoms with Gasteiger partial charge in [0.05, 0.1) is 10.9 Å². The van der Waals surface area contributed by atoms with Gasteiger partial charge in [0.1, 0.15) is 6.04 Å². The fourth-order valence-corrected chi connectivity index (χ4v) is 6.92. The Morgan fingerprint density at radius 3 is 2.33 bits per heavy atom. The second-order valence-corrected chi connectivity index (χ2v) is 13.3. The summed E-state index contributed by atoms with van der Waals surface area (Å²) in [7, 11) is 0. The largest absolute Gasteiger partial charge is 0.349 e. The molecule has 4 aromatic rings. The summed E-state index contributed by atoms with van der Waals surface area (Å²) in [5, 5.41) is 18.3. The lowest BCUT2D eigenvalue weighted by Gasteiger charge is -2.28. The van der Waals surface area contributed by atoms with Crippen LogP contribution in [0.25, 0.3) is 22.0 Å². The summed E-state index contributed by atoms with van der Waals surface area (Å²) in [6, 6.07) is 18.1. The van der Waals surface area contributed by atoms with Gasteiger partial charge in [-0.25, -0.2) is 0 Å². The van der Waals surface area contributed by atoms with Crippen LogP contribution in [0, 0.1) is 18.8 Å². The fraction of sp³-hybridized carbons (Fsp3) is 0.405. The number of carbonyl (C=O) groups excluding carboxylic acids is 3. The Labute approximate surface area is 292 Å². The van der Waals surface area contributed by atoms with Gasteiger partial charge in [-0.15, -0.1) is 12.4 Å². The van der Waals surface area contributed by atoms with E-state index in [9.17, 15) is 19.2 Å². The molecule has 1 saturated carbocycles. The van der Waals surface area contributed by atoms with Crippen molar-refractivity contribution in [3.63, 3.8) is 0 Å². The van der Waals surface area contributed by atoms with Crippen LogP contribution in [0.5, 0.6) is 0 Å². The van der Waals surface area contributed by atoms with Crippen LogP contribution in [0.15, 0.2) is 65.5 Å². The molecule has 0 spiro atoms. The Balaban J connectivity index is 0.00000468. The SMILES string of the molecule is Cc1cc(C(=O)NC2CCNCC2)ccc1-c1ccc(C[C@H](NC(=O)C2CCC(CN)CC2)C(=O)Nc2ccc3c(=O)[nH][nH]c3c2)cc1.Cl. The topological polar surface area (TPSA) is 174 Å². The van der Waals surface area contributed by atoms with Crippen molar-refractivity contribution in [1.29, 1.82) is 0 Å². The molecule has 0 bridgehead atoms. The maximum absolute atomic E-state index is 13.7. The molecule has 2 heterocycles. The van der Waals surface area contributed by atoms with E-state index in [1.54, 1.807) is 18.2 Å². The third kappa shape index (κ3) is 8.78. The molecule has 8 N–H and O–H groups in total. The third-order valence-electron chi connectivity index (χ3n) is 9.89. The molecule has 1 aliphatic carbocycles. The van der Waals surface area contributed by atoms with Crippen LogP contribution in [0.1, 0.15) is 60.0 Å². The zero-order valence-electron chi connectivity index (χ0n) is 27.8. The molecule has 0 radical (unpaired) electrons. The number of carbonyl (C=O) groups is 3. The number of nitrogens with two attached hydrogens (primary N) is 1. The fourth-order valence-electron chi connectivity index (χ4n) is 6.92. The molecule has 1 atom stereocenters. The molecule has 11 nitrogen and oxygen atoms in total. The first-order valence-electron chi connectivity index (χ1n) is 17.0. The minimum absolute atomic E-state index is 0. The smallest absolute Gasteiger partial charge is 0.271 e. The van der Waals surface area contributed by atoms with Crippen LogP contribution >= 0.6 is 12.4 Å². The van der Waals surface area contributed by atoms with Crippen LogP contribution in [0.4, 0.5) is 5.69 Å². The van der Waals surface area contributed by atoms with Crippen LogP contribution in [-0.4, -0.2) is 59.6 Å². The molecule has 1 aliphatic heterocycles. The van der Waals surface area contributed by atoms with Gasteiger partial charge in [-0.2, -0.15) is 0 Å². The quantitative estimate of drug-likeness (QED) is 0.132. The Hall–Kier alpha value is -4.45. The second-order valence-electron chi connectivity index (χ2n) is 13.3. The van der Waals surface area contributed by atoms with Crippen molar-refractivity contribution in [2.75, 3.05) is 25.0 Å². The van der Waals surface area contributed by atoms with Crippen LogP contribution < -0.4 is 32.6 Å². The minimum Gasteiger partial charge on any atom is -0.349 e. The molecule has 49 heavy (non-hydrogen) atoms. The Kier molecular flexibility index (Phi) is 11.9. The van der Waals surface area contributed by atoms with E-state index in [4.69, 9.17) is 5.73 Å². The number of aromatic amines is 2. The van der Waals surface area contributed by atoms with Gasteiger partial charge in [0, 0.05) is 29.6 Å².